The summed E-state index contributed by atoms with van der Waals surface area (Å²) in [5.41, 5.74) is 0.812. The summed E-state index contributed by atoms with van der Waals surface area (Å²) in [7, 11) is 2.14. The molecule has 0 heterocycles. The number of ketones is 1. The third-order valence-electron chi connectivity index (χ3n) is 3.54. The molecule has 0 fully saturated rings. The van der Waals surface area contributed by atoms with Gasteiger partial charge in [0.15, 0.2) is 5.78 Å². The molecular weight excluding hydrogens is 302 g/mol. The molecule has 106 valence electrons. The van der Waals surface area contributed by atoms with E-state index in [1.807, 2.05) is 24.3 Å². The average molecular weight is 326 g/mol. The van der Waals surface area contributed by atoms with Crippen molar-refractivity contribution < 1.29 is 4.79 Å². The normalized spacial score (nSPS) is 12.7. The van der Waals surface area contributed by atoms with Gasteiger partial charge in [0, 0.05) is 22.5 Å². The first-order valence-electron chi connectivity index (χ1n) is 7.03. The molecule has 0 aliphatic carbocycles. The van der Waals surface area contributed by atoms with Gasteiger partial charge in [0.2, 0.25) is 0 Å². The minimum Gasteiger partial charge on any atom is -0.304 e. The van der Waals surface area contributed by atoms with E-state index in [1.54, 1.807) is 0 Å². The Hall–Kier alpha value is -0.670. The fourth-order valence-electron chi connectivity index (χ4n) is 2.13. The Kier molecular flexibility index (Phi) is 7.32. The van der Waals surface area contributed by atoms with Gasteiger partial charge in [0.05, 0.1) is 0 Å². The molecule has 0 saturated heterocycles. The molecule has 1 aromatic carbocycles. The first kappa shape index (κ1) is 16.4. The summed E-state index contributed by atoms with van der Waals surface area (Å²) in [6.07, 6.45) is 3.99. The second kappa shape index (κ2) is 8.49. The molecule has 0 aliphatic heterocycles. The Labute approximate surface area is 125 Å². The van der Waals surface area contributed by atoms with Crippen molar-refractivity contribution >= 4 is 21.7 Å². The lowest BCUT2D eigenvalue weighted by molar-refractivity contribution is 0.0973. The van der Waals surface area contributed by atoms with Gasteiger partial charge < -0.3 is 4.90 Å². The zero-order valence-electron chi connectivity index (χ0n) is 12.2. The molecule has 0 spiro atoms. The molecule has 3 heteroatoms. The third-order valence-corrected chi connectivity index (χ3v) is 4.07. The van der Waals surface area contributed by atoms with Crippen molar-refractivity contribution in [3.8, 4) is 0 Å². The Morgan fingerprint density at radius 2 is 1.95 bits per heavy atom. The van der Waals surface area contributed by atoms with Crippen LogP contribution in [0.1, 0.15) is 49.9 Å². The predicted molar refractivity (Wildman–Crippen MR) is 84.7 cm³/mol. The predicted octanol–water partition coefficient (Wildman–Crippen LogP) is 4.53. The summed E-state index contributed by atoms with van der Waals surface area (Å²) in [6, 6.07) is 8.21. The fourth-order valence-corrected chi connectivity index (χ4v) is 2.39. The van der Waals surface area contributed by atoms with Gasteiger partial charge in [-0.05, 0) is 45.5 Å². The van der Waals surface area contributed by atoms with Crippen LogP contribution in [0.5, 0.6) is 0 Å². The van der Waals surface area contributed by atoms with Crippen molar-refractivity contribution in [3.05, 3.63) is 34.3 Å². The number of Topliss-reactive ketones (excluding diaryl/α,β-unsaturated/α-hetero) is 1. The number of nitrogens with zero attached hydrogens (tertiary/aromatic N) is 1. The zero-order valence-corrected chi connectivity index (χ0v) is 13.7. The van der Waals surface area contributed by atoms with E-state index in [2.05, 4.69) is 41.7 Å². The van der Waals surface area contributed by atoms with Crippen molar-refractivity contribution in [3.63, 3.8) is 0 Å². The van der Waals surface area contributed by atoms with Crippen molar-refractivity contribution in [1.29, 1.82) is 0 Å². The standard InChI is InChI=1S/C16H24BrNO/c1-4-6-13(2)18(3)12-5-7-16(19)14-8-10-15(17)11-9-14/h8-11,13H,4-7,12H2,1-3H3. The molecule has 2 nitrogen and oxygen atoms in total. The van der Waals surface area contributed by atoms with Crippen LogP contribution in [0.15, 0.2) is 28.7 Å². The highest BCUT2D eigenvalue weighted by Gasteiger charge is 2.10. The van der Waals surface area contributed by atoms with Crippen LogP contribution < -0.4 is 0 Å². The molecule has 0 aliphatic rings. The molecule has 1 atom stereocenters. The molecule has 0 bridgehead atoms. The van der Waals surface area contributed by atoms with Gasteiger partial charge in [0.25, 0.3) is 0 Å². The first-order chi connectivity index (χ1) is 9.04. The molecule has 1 aromatic rings. The summed E-state index contributed by atoms with van der Waals surface area (Å²) in [6.45, 7) is 5.45. The topological polar surface area (TPSA) is 20.3 Å². The second-order valence-electron chi connectivity index (χ2n) is 5.15. The maximum atomic E-state index is 12.0. The van der Waals surface area contributed by atoms with Gasteiger partial charge in [-0.2, -0.15) is 0 Å². The van der Waals surface area contributed by atoms with Gasteiger partial charge in [-0.25, -0.2) is 0 Å². The van der Waals surface area contributed by atoms with E-state index in [4.69, 9.17) is 0 Å². The van der Waals surface area contributed by atoms with Crippen LogP contribution in [0, 0.1) is 0 Å². The average Bonchev–Trinajstić information content (AvgIpc) is 2.39. The number of carbonyl (C=O) groups excluding carboxylic acids is 1. The molecule has 1 unspecified atom stereocenters. The molecule has 1 rings (SSSR count). The Morgan fingerprint density at radius 3 is 2.53 bits per heavy atom. The summed E-state index contributed by atoms with van der Waals surface area (Å²) >= 11 is 3.38. The summed E-state index contributed by atoms with van der Waals surface area (Å²) in [4.78, 5) is 14.3. The number of halogens is 1. The maximum absolute atomic E-state index is 12.0. The van der Waals surface area contributed by atoms with Crippen LogP contribution in [0.2, 0.25) is 0 Å². The smallest absolute Gasteiger partial charge is 0.162 e. The van der Waals surface area contributed by atoms with Crippen molar-refractivity contribution in [1.82, 2.24) is 4.90 Å². The van der Waals surface area contributed by atoms with E-state index in [-0.39, 0.29) is 5.78 Å². The molecule has 19 heavy (non-hydrogen) atoms. The molecule has 0 N–H and O–H groups in total. The van der Waals surface area contributed by atoms with E-state index in [1.165, 1.54) is 12.8 Å². The number of carbonyl (C=O) groups is 1. The minimum atomic E-state index is 0.240. The van der Waals surface area contributed by atoms with Crippen LogP contribution >= 0.6 is 15.9 Å². The van der Waals surface area contributed by atoms with E-state index in [0.29, 0.717) is 12.5 Å². The third kappa shape index (κ3) is 5.87. The lowest BCUT2D eigenvalue weighted by Crippen LogP contribution is -2.30. The molecule has 0 saturated carbocycles. The highest BCUT2D eigenvalue weighted by atomic mass is 79.9. The Balaban J connectivity index is 2.33. The number of rotatable bonds is 8. The summed E-state index contributed by atoms with van der Waals surface area (Å²) < 4.78 is 1.01. The van der Waals surface area contributed by atoms with Crippen LogP contribution in [-0.2, 0) is 0 Å². The molecular formula is C16H24BrNO. The lowest BCUT2D eigenvalue weighted by Gasteiger charge is -2.24. The van der Waals surface area contributed by atoms with Crippen molar-refractivity contribution in [2.75, 3.05) is 13.6 Å². The zero-order chi connectivity index (χ0) is 14.3. The summed E-state index contributed by atoms with van der Waals surface area (Å²) in [5, 5.41) is 0. The quantitative estimate of drug-likeness (QED) is 0.654. The van der Waals surface area contributed by atoms with E-state index in [0.717, 1.165) is 23.0 Å². The highest BCUT2D eigenvalue weighted by Crippen LogP contribution is 2.13. The first-order valence-corrected chi connectivity index (χ1v) is 7.83. The van der Waals surface area contributed by atoms with Gasteiger partial charge >= 0.3 is 0 Å². The van der Waals surface area contributed by atoms with Crippen molar-refractivity contribution in [2.45, 2.75) is 45.6 Å². The number of hydrogen-bond donors (Lipinski definition) is 0. The van der Waals surface area contributed by atoms with Gasteiger partial charge in [0.1, 0.15) is 0 Å². The number of benzene rings is 1. The van der Waals surface area contributed by atoms with Crippen LogP contribution in [0.3, 0.4) is 0 Å². The summed E-state index contributed by atoms with van der Waals surface area (Å²) in [5.74, 6) is 0.240. The van der Waals surface area contributed by atoms with E-state index < -0.39 is 0 Å². The minimum absolute atomic E-state index is 0.240. The van der Waals surface area contributed by atoms with Gasteiger partial charge in [-0.1, -0.05) is 41.4 Å². The Bertz CT molecular complexity index is 388. The molecule has 0 radical (unpaired) electrons. The molecule has 0 amide bonds. The van der Waals surface area contributed by atoms with E-state index >= 15 is 0 Å². The highest BCUT2D eigenvalue weighted by molar-refractivity contribution is 9.10. The maximum Gasteiger partial charge on any atom is 0.162 e. The van der Waals surface area contributed by atoms with Crippen LogP contribution in [-0.4, -0.2) is 30.3 Å². The SMILES string of the molecule is CCCC(C)N(C)CCCC(=O)c1ccc(Br)cc1. The van der Waals surface area contributed by atoms with Crippen molar-refractivity contribution in [2.24, 2.45) is 0 Å². The largest absolute Gasteiger partial charge is 0.304 e. The van der Waals surface area contributed by atoms with Crippen LogP contribution in [0.4, 0.5) is 0 Å². The Morgan fingerprint density at radius 1 is 1.32 bits per heavy atom. The van der Waals surface area contributed by atoms with Gasteiger partial charge in [-0.15, -0.1) is 0 Å². The van der Waals surface area contributed by atoms with Gasteiger partial charge in [-0.3, -0.25) is 4.79 Å². The van der Waals surface area contributed by atoms with Crippen LogP contribution in [0.25, 0.3) is 0 Å². The number of hydrogen-bond acceptors (Lipinski definition) is 2. The fraction of sp³-hybridized carbons (Fsp3) is 0.562. The second-order valence-corrected chi connectivity index (χ2v) is 6.07. The van der Waals surface area contributed by atoms with E-state index in [9.17, 15) is 4.79 Å². The lowest BCUT2D eigenvalue weighted by atomic mass is 10.1. The monoisotopic (exact) mass is 325 g/mol. The molecule has 0 aromatic heterocycles.